The van der Waals surface area contributed by atoms with Crippen molar-refractivity contribution in [3.63, 3.8) is 0 Å². The number of hydrogen-bond donors (Lipinski definition) is 1. The zero-order valence-corrected chi connectivity index (χ0v) is 10.7. The number of rotatable bonds is 2. The van der Waals surface area contributed by atoms with Crippen molar-refractivity contribution < 1.29 is 13.9 Å². The van der Waals surface area contributed by atoms with E-state index in [1.54, 1.807) is 6.07 Å². The van der Waals surface area contributed by atoms with Gasteiger partial charge < -0.3 is 10.1 Å². The SMILES string of the molecule is O=C(Nc1ccc(F)cc1I)[C@@H]1CCCO1. The first kappa shape index (κ1) is 11.8. The van der Waals surface area contributed by atoms with Crippen molar-refractivity contribution in [1.82, 2.24) is 0 Å². The van der Waals surface area contributed by atoms with Gasteiger partial charge in [-0.15, -0.1) is 0 Å². The van der Waals surface area contributed by atoms with Gasteiger partial charge in [0.1, 0.15) is 11.9 Å². The minimum Gasteiger partial charge on any atom is -0.368 e. The molecular weight excluding hydrogens is 324 g/mol. The molecule has 0 saturated carbocycles. The fourth-order valence-electron chi connectivity index (χ4n) is 1.59. The molecule has 1 aliphatic heterocycles. The molecule has 1 heterocycles. The zero-order valence-electron chi connectivity index (χ0n) is 8.50. The fraction of sp³-hybridized carbons (Fsp3) is 0.364. The number of amides is 1. The molecule has 86 valence electrons. The summed E-state index contributed by atoms with van der Waals surface area (Å²) in [4.78, 5) is 11.7. The monoisotopic (exact) mass is 335 g/mol. The smallest absolute Gasteiger partial charge is 0.253 e. The molecule has 0 radical (unpaired) electrons. The molecule has 1 aromatic carbocycles. The van der Waals surface area contributed by atoms with Crippen molar-refractivity contribution in [2.75, 3.05) is 11.9 Å². The molecule has 1 fully saturated rings. The summed E-state index contributed by atoms with van der Waals surface area (Å²) in [5.74, 6) is -0.457. The van der Waals surface area contributed by atoms with Crippen molar-refractivity contribution in [2.45, 2.75) is 18.9 Å². The van der Waals surface area contributed by atoms with E-state index in [-0.39, 0.29) is 17.8 Å². The molecule has 1 atom stereocenters. The highest BCUT2D eigenvalue weighted by molar-refractivity contribution is 14.1. The predicted octanol–water partition coefficient (Wildman–Crippen LogP) is 2.55. The van der Waals surface area contributed by atoms with E-state index in [2.05, 4.69) is 5.32 Å². The van der Waals surface area contributed by atoms with E-state index < -0.39 is 0 Å². The van der Waals surface area contributed by atoms with Gasteiger partial charge in [0.2, 0.25) is 0 Å². The summed E-state index contributed by atoms with van der Waals surface area (Å²) in [5.41, 5.74) is 0.627. The average molecular weight is 335 g/mol. The van der Waals surface area contributed by atoms with Crippen LogP contribution in [0.4, 0.5) is 10.1 Å². The molecule has 16 heavy (non-hydrogen) atoms. The molecular formula is C11H11FINO2. The lowest BCUT2D eigenvalue weighted by Gasteiger charge is -2.11. The summed E-state index contributed by atoms with van der Waals surface area (Å²) in [6.07, 6.45) is 1.31. The van der Waals surface area contributed by atoms with Gasteiger partial charge in [-0.1, -0.05) is 0 Å². The van der Waals surface area contributed by atoms with E-state index in [0.717, 1.165) is 12.8 Å². The number of benzene rings is 1. The highest BCUT2D eigenvalue weighted by atomic mass is 127. The molecule has 0 unspecified atom stereocenters. The van der Waals surface area contributed by atoms with Crippen LogP contribution in [0.15, 0.2) is 18.2 Å². The van der Waals surface area contributed by atoms with E-state index in [0.29, 0.717) is 15.9 Å². The van der Waals surface area contributed by atoms with Gasteiger partial charge in [-0.2, -0.15) is 0 Å². The van der Waals surface area contributed by atoms with Gasteiger partial charge >= 0.3 is 0 Å². The van der Waals surface area contributed by atoms with Gasteiger partial charge in [-0.3, -0.25) is 4.79 Å². The lowest BCUT2D eigenvalue weighted by molar-refractivity contribution is -0.124. The Morgan fingerprint density at radius 3 is 3.00 bits per heavy atom. The Hall–Kier alpha value is -0.690. The lowest BCUT2D eigenvalue weighted by atomic mass is 10.2. The molecule has 1 aromatic rings. The van der Waals surface area contributed by atoms with Gasteiger partial charge in [0.05, 0.1) is 5.69 Å². The Bertz CT molecular complexity index is 405. The number of halogens is 2. The first-order valence-electron chi connectivity index (χ1n) is 5.04. The first-order chi connectivity index (χ1) is 7.66. The molecule has 3 nitrogen and oxygen atoms in total. The fourth-order valence-corrected chi connectivity index (χ4v) is 2.20. The Kier molecular flexibility index (Phi) is 3.75. The number of carbonyl (C=O) groups is 1. The molecule has 1 N–H and O–H groups in total. The van der Waals surface area contributed by atoms with Crippen LogP contribution >= 0.6 is 22.6 Å². The summed E-state index contributed by atoms with van der Waals surface area (Å²) >= 11 is 1.99. The molecule has 1 amide bonds. The van der Waals surface area contributed by atoms with Crippen LogP contribution in [-0.2, 0) is 9.53 Å². The van der Waals surface area contributed by atoms with E-state index in [1.165, 1.54) is 12.1 Å². The van der Waals surface area contributed by atoms with E-state index in [1.807, 2.05) is 22.6 Å². The van der Waals surface area contributed by atoms with Crippen molar-refractivity contribution in [1.29, 1.82) is 0 Å². The van der Waals surface area contributed by atoms with E-state index in [9.17, 15) is 9.18 Å². The minimum absolute atomic E-state index is 0.151. The van der Waals surface area contributed by atoms with Gasteiger partial charge in [0.25, 0.3) is 5.91 Å². The van der Waals surface area contributed by atoms with Gasteiger partial charge in [0, 0.05) is 10.2 Å². The minimum atomic E-state index is -0.360. The lowest BCUT2D eigenvalue weighted by Crippen LogP contribution is -2.27. The van der Waals surface area contributed by atoms with Crippen molar-refractivity contribution in [3.8, 4) is 0 Å². The topological polar surface area (TPSA) is 38.3 Å². The van der Waals surface area contributed by atoms with Crippen LogP contribution in [0, 0.1) is 9.39 Å². The van der Waals surface area contributed by atoms with E-state index in [4.69, 9.17) is 4.74 Å². The van der Waals surface area contributed by atoms with E-state index >= 15 is 0 Å². The van der Waals surface area contributed by atoms with Crippen LogP contribution in [0.25, 0.3) is 0 Å². The summed E-state index contributed by atoms with van der Waals surface area (Å²) in [6, 6.07) is 4.27. The quantitative estimate of drug-likeness (QED) is 0.844. The Morgan fingerprint density at radius 1 is 1.56 bits per heavy atom. The van der Waals surface area contributed by atoms with Gasteiger partial charge in [-0.05, 0) is 53.6 Å². The summed E-state index contributed by atoms with van der Waals surface area (Å²) < 4.78 is 18.8. The predicted molar refractivity (Wildman–Crippen MR) is 66.7 cm³/mol. The maximum absolute atomic E-state index is 12.8. The van der Waals surface area contributed by atoms with Crippen LogP contribution in [0.1, 0.15) is 12.8 Å². The second-order valence-corrected chi connectivity index (χ2v) is 4.78. The second-order valence-electron chi connectivity index (χ2n) is 3.62. The largest absolute Gasteiger partial charge is 0.368 e. The highest BCUT2D eigenvalue weighted by Gasteiger charge is 2.23. The molecule has 0 aliphatic carbocycles. The highest BCUT2D eigenvalue weighted by Crippen LogP contribution is 2.21. The second kappa shape index (κ2) is 5.09. The number of nitrogens with one attached hydrogen (secondary N) is 1. The molecule has 0 aromatic heterocycles. The Labute approximate surface area is 107 Å². The standard InChI is InChI=1S/C11H11FINO2/c12-7-3-4-9(8(13)6-7)14-11(15)10-2-1-5-16-10/h3-4,6,10H,1-2,5H2,(H,14,15)/t10-/m0/s1. The third kappa shape index (κ3) is 2.70. The Morgan fingerprint density at radius 2 is 2.38 bits per heavy atom. The first-order valence-corrected chi connectivity index (χ1v) is 6.12. The molecule has 1 saturated heterocycles. The zero-order chi connectivity index (χ0) is 11.5. The number of carbonyl (C=O) groups excluding carboxylic acids is 1. The summed E-state index contributed by atoms with van der Waals surface area (Å²) in [7, 11) is 0. The molecule has 0 spiro atoms. The Balaban J connectivity index is 2.05. The molecule has 0 bridgehead atoms. The number of anilines is 1. The van der Waals surface area contributed by atoms with Gasteiger partial charge in [0.15, 0.2) is 0 Å². The number of ether oxygens (including phenoxy) is 1. The molecule has 5 heteroatoms. The van der Waals surface area contributed by atoms with Crippen LogP contribution in [-0.4, -0.2) is 18.6 Å². The summed E-state index contributed by atoms with van der Waals surface area (Å²) in [6.45, 7) is 0.637. The van der Waals surface area contributed by atoms with Crippen LogP contribution in [0.5, 0.6) is 0 Å². The maximum atomic E-state index is 12.8. The summed E-state index contributed by atoms with van der Waals surface area (Å²) in [5, 5.41) is 2.74. The third-order valence-electron chi connectivity index (χ3n) is 2.41. The normalized spacial score (nSPS) is 19.8. The van der Waals surface area contributed by atoms with Crippen LogP contribution in [0.3, 0.4) is 0 Å². The third-order valence-corrected chi connectivity index (χ3v) is 3.30. The maximum Gasteiger partial charge on any atom is 0.253 e. The molecule has 1 aliphatic rings. The van der Waals surface area contributed by atoms with Crippen molar-refractivity contribution in [3.05, 3.63) is 27.6 Å². The van der Waals surface area contributed by atoms with Gasteiger partial charge in [-0.25, -0.2) is 4.39 Å². The molecule has 2 rings (SSSR count). The van der Waals surface area contributed by atoms with Crippen molar-refractivity contribution >= 4 is 34.2 Å². The van der Waals surface area contributed by atoms with Crippen LogP contribution in [0.2, 0.25) is 0 Å². The average Bonchev–Trinajstić information content (AvgIpc) is 2.75. The van der Waals surface area contributed by atoms with Crippen molar-refractivity contribution in [2.24, 2.45) is 0 Å². The number of hydrogen-bond acceptors (Lipinski definition) is 2. The van der Waals surface area contributed by atoms with Crippen LogP contribution < -0.4 is 5.32 Å².